The lowest BCUT2D eigenvalue weighted by Gasteiger charge is -2.16. The van der Waals surface area contributed by atoms with E-state index in [2.05, 4.69) is 9.71 Å². The molecule has 3 rings (SSSR count). The van der Waals surface area contributed by atoms with Gasteiger partial charge in [0.1, 0.15) is 4.21 Å². The van der Waals surface area contributed by atoms with E-state index in [9.17, 15) is 8.42 Å². The number of sulfonamides is 1. The molecule has 3 heterocycles. The van der Waals surface area contributed by atoms with Gasteiger partial charge in [-0.25, -0.2) is 8.42 Å². The molecule has 19 heavy (non-hydrogen) atoms. The first-order valence-electron chi connectivity index (χ1n) is 5.77. The summed E-state index contributed by atoms with van der Waals surface area (Å²) in [6, 6.07) is 5.06. The maximum Gasteiger partial charge on any atom is 0.271 e. The number of nitrogens with zero attached hydrogens (tertiary/aromatic N) is 1. The van der Waals surface area contributed by atoms with Gasteiger partial charge in [-0.2, -0.15) is 0 Å². The number of anilines is 1. The highest BCUT2D eigenvalue weighted by Crippen LogP contribution is 2.22. The standard InChI is InChI=1S/C12H12N2O3S2/c15-19(16,12-2-1-5-18-12)14-10-6-9-8-17-4-3-11(9)13-7-10/h1-2,5-7,14H,3-4,8H2. The minimum Gasteiger partial charge on any atom is -0.376 e. The molecule has 0 unspecified atom stereocenters. The molecule has 0 spiro atoms. The van der Waals surface area contributed by atoms with Crippen LogP contribution in [0.3, 0.4) is 0 Å². The van der Waals surface area contributed by atoms with Gasteiger partial charge >= 0.3 is 0 Å². The third-order valence-corrected chi connectivity index (χ3v) is 5.59. The molecule has 7 heteroatoms. The highest BCUT2D eigenvalue weighted by Gasteiger charge is 2.17. The van der Waals surface area contributed by atoms with Crippen molar-refractivity contribution in [3.05, 3.63) is 41.0 Å². The van der Waals surface area contributed by atoms with Crippen molar-refractivity contribution in [1.29, 1.82) is 0 Å². The first kappa shape index (κ1) is 12.6. The lowest BCUT2D eigenvalue weighted by atomic mass is 10.1. The molecule has 0 aromatic carbocycles. The topological polar surface area (TPSA) is 68.3 Å². The Balaban J connectivity index is 1.88. The van der Waals surface area contributed by atoms with Crippen molar-refractivity contribution < 1.29 is 13.2 Å². The average Bonchev–Trinajstić information content (AvgIpc) is 2.93. The predicted octanol–water partition coefficient (Wildman–Crippen LogP) is 2.02. The van der Waals surface area contributed by atoms with Gasteiger partial charge in [-0.1, -0.05) is 6.07 Å². The van der Waals surface area contributed by atoms with E-state index in [1.807, 2.05) is 0 Å². The second-order valence-electron chi connectivity index (χ2n) is 4.17. The second kappa shape index (κ2) is 4.92. The number of hydrogen-bond donors (Lipinski definition) is 1. The van der Waals surface area contributed by atoms with Crippen LogP contribution in [0.15, 0.2) is 34.0 Å². The number of ether oxygens (including phenoxy) is 1. The van der Waals surface area contributed by atoms with E-state index in [0.29, 0.717) is 23.1 Å². The van der Waals surface area contributed by atoms with E-state index >= 15 is 0 Å². The fourth-order valence-electron chi connectivity index (χ4n) is 1.92. The molecule has 0 saturated heterocycles. The Kier molecular flexibility index (Phi) is 3.26. The van der Waals surface area contributed by atoms with Crippen LogP contribution >= 0.6 is 11.3 Å². The number of nitrogens with one attached hydrogen (secondary N) is 1. The molecule has 5 nitrogen and oxygen atoms in total. The van der Waals surface area contributed by atoms with Crippen molar-refractivity contribution in [3.8, 4) is 0 Å². The van der Waals surface area contributed by atoms with Gasteiger partial charge in [0.05, 0.1) is 25.1 Å². The molecule has 1 aliphatic heterocycles. The zero-order valence-corrected chi connectivity index (χ0v) is 11.6. The lowest BCUT2D eigenvalue weighted by Crippen LogP contribution is -2.15. The Labute approximate surface area is 115 Å². The van der Waals surface area contributed by atoms with Crippen molar-refractivity contribution in [3.63, 3.8) is 0 Å². The lowest BCUT2D eigenvalue weighted by molar-refractivity contribution is 0.109. The van der Waals surface area contributed by atoms with Crippen LogP contribution < -0.4 is 4.72 Å². The number of thiophene rings is 1. The third kappa shape index (κ3) is 2.63. The summed E-state index contributed by atoms with van der Waals surface area (Å²) in [4.78, 5) is 4.28. The smallest absolute Gasteiger partial charge is 0.271 e. The van der Waals surface area contributed by atoms with Gasteiger partial charge in [0.2, 0.25) is 0 Å². The average molecular weight is 296 g/mol. The Morgan fingerprint density at radius 1 is 1.42 bits per heavy atom. The molecule has 1 aliphatic rings. The van der Waals surface area contributed by atoms with Crippen LogP contribution in [-0.2, 0) is 27.8 Å². The zero-order valence-electron chi connectivity index (χ0n) is 10.00. The van der Waals surface area contributed by atoms with Crippen LogP contribution in [0, 0.1) is 0 Å². The summed E-state index contributed by atoms with van der Waals surface area (Å²) >= 11 is 1.18. The van der Waals surface area contributed by atoms with Crippen molar-refractivity contribution in [2.24, 2.45) is 0 Å². The van der Waals surface area contributed by atoms with E-state index in [1.165, 1.54) is 11.3 Å². The van der Waals surface area contributed by atoms with Crippen molar-refractivity contribution in [1.82, 2.24) is 4.98 Å². The number of fused-ring (bicyclic) bond motifs is 1. The molecule has 0 radical (unpaired) electrons. The Bertz CT molecular complexity index is 681. The molecule has 1 N–H and O–H groups in total. The van der Waals surface area contributed by atoms with E-state index in [1.54, 1.807) is 29.8 Å². The van der Waals surface area contributed by atoms with Crippen LogP contribution in [-0.4, -0.2) is 20.0 Å². The number of aromatic nitrogens is 1. The monoisotopic (exact) mass is 296 g/mol. The summed E-state index contributed by atoms with van der Waals surface area (Å²) in [7, 11) is -3.51. The SMILES string of the molecule is O=S(=O)(Nc1cnc2c(c1)COCC2)c1cccs1. The molecule has 100 valence electrons. The van der Waals surface area contributed by atoms with E-state index in [-0.39, 0.29) is 0 Å². The van der Waals surface area contributed by atoms with Crippen molar-refractivity contribution in [2.75, 3.05) is 11.3 Å². The van der Waals surface area contributed by atoms with E-state index in [4.69, 9.17) is 4.74 Å². The van der Waals surface area contributed by atoms with Crippen LogP contribution in [0.5, 0.6) is 0 Å². The maximum absolute atomic E-state index is 12.1. The van der Waals surface area contributed by atoms with Crippen LogP contribution in [0.25, 0.3) is 0 Å². The maximum atomic E-state index is 12.1. The van der Waals surface area contributed by atoms with E-state index in [0.717, 1.165) is 17.7 Å². The summed E-state index contributed by atoms with van der Waals surface area (Å²) in [5.41, 5.74) is 2.39. The van der Waals surface area contributed by atoms with Crippen molar-refractivity contribution >= 4 is 27.0 Å². The minimum atomic E-state index is -3.51. The van der Waals surface area contributed by atoms with Crippen LogP contribution in [0.1, 0.15) is 11.3 Å². The van der Waals surface area contributed by atoms with Gasteiger partial charge in [-0.3, -0.25) is 9.71 Å². The summed E-state index contributed by atoms with van der Waals surface area (Å²) < 4.78 is 32.3. The quantitative estimate of drug-likeness (QED) is 0.941. The normalized spacial score (nSPS) is 14.9. The first-order chi connectivity index (χ1) is 9.15. The summed E-state index contributed by atoms with van der Waals surface area (Å²) in [5, 5.41) is 1.73. The zero-order chi connectivity index (χ0) is 13.3. The molecule has 0 fully saturated rings. The highest BCUT2D eigenvalue weighted by atomic mass is 32.2. The molecule has 0 aliphatic carbocycles. The number of hydrogen-bond acceptors (Lipinski definition) is 5. The second-order valence-corrected chi connectivity index (χ2v) is 7.03. The molecular weight excluding hydrogens is 284 g/mol. The fraction of sp³-hybridized carbons (Fsp3) is 0.250. The van der Waals surface area contributed by atoms with Crippen molar-refractivity contribution in [2.45, 2.75) is 17.2 Å². The minimum absolute atomic E-state index is 0.293. The fourth-order valence-corrected chi connectivity index (χ4v) is 3.94. The van der Waals surface area contributed by atoms with Crippen LogP contribution in [0.4, 0.5) is 5.69 Å². The summed E-state index contributed by atoms with van der Waals surface area (Å²) in [6.45, 7) is 1.15. The Hall–Kier alpha value is -1.44. The van der Waals surface area contributed by atoms with Gasteiger partial charge < -0.3 is 4.74 Å². The predicted molar refractivity (Wildman–Crippen MR) is 72.7 cm³/mol. The Morgan fingerprint density at radius 2 is 2.32 bits per heavy atom. The third-order valence-electron chi connectivity index (χ3n) is 2.81. The molecular formula is C12H12N2O3S2. The van der Waals surface area contributed by atoms with Gasteiger partial charge in [0.25, 0.3) is 10.0 Å². The van der Waals surface area contributed by atoms with Gasteiger partial charge in [0, 0.05) is 17.7 Å². The van der Waals surface area contributed by atoms with Crippen LogP contribution in [0.2, 0.25) is 0 Å². The number of rotatable bonds is 3. The summed E-state index contributed by atoms with van der Waals surface area (Å²) in [5.74, 6) is 0. The van der Waals surface area contributed by atoms with Gasteiger partial charge in [0.15, 0.2) is 0 Å². The largest absolute Gasteiger partial charge is 0.376 e. The molecule has 2 aromatic rings. The highest BCUT2D eigenvalue weighted by molar-refractivity contribution is 7.94. The molecule has 0 saturated carbocycles. The molecule has 2 aromatic heterocycles. The molecule has 0 amide bonds. The summed E-state index contributed by atoms with van der Waals surface area (Å²) in [6.07, 6.45) is 2.32. The van der Waals surface area contributed by atoms with Gasteiger partial charge in [-0.15, -0.1) is 11.3 Å². The molecule has 0 bridgehead atoms. The van der Waals surface area contributed by atoms with E-state index < -0.39 is 10.0 Å². The Morgan fingerprint density at radius 3 is 3.11 bits per heavy atom. The molecule has 0 atom stereocenters. The first-order valence-corrected chi connectivity index (χ1v) is 8.13. The van der Waals surface area contributed by atoms with Gasteiger partial charge in [-0.05, 0) is 17.5 Å². The number of pyridine rings is 1.